The van der Waals surface area contributed by atoms with E-state index in [1.54, 1.807) is 14.2 Å². The van der Waals surface area contributed by atoms with E-state index in [4.69, 9.17) is 21.1 Å². The van der Waals surface area contributed by atoms with Crippen LogP contribution in [-0.4, -0.2) is 14.2 Å². The molecule has 0 saturated heterocycles. The third-order valence-electron chi connectivity index (χ3n) is 3.43. The van der Waals surface area contributed by atoms with E-state index in [0.29, 0.717) is 23.1 Å². The summed E-state index contributed by atoms with van der Waals surface area (Å²) in [5.41, 5.74) is 4.51. The van der Waals surface area contributed by atoms with E-state index in [9.17, 15) is 0 Å². The lowest BCUT2D eigenvalue weighted by Crippen LogP contribution is -2.03. The summed E-state index contributed by atoms with van der Waals surface area (Å²) >= 11 is 6.39. The predicted octanol–water partition coefficient (Wildman–Crippen LogP) is 4.59. The normalized spacial score (nSPS) is 10.3. The van der Waals surface area contributed by atoms with Crippen molar-refractivity contribution < 1.29 is 9.47 Å². The third-order valence-corrected chi connectivity index (χ3v) is 3.84. The van der Waals surface area contributed by atoms with E-state index in [-0.39, 0.29) is 0 Å². The molecule has 0 fully saturated rings. The minimum absolute atomic E-state index is 0.569. The van der Waals surface area contributed by atoms with E-state index < -0.39 is 0 Å². The highest BCUT2D eigenvalue weighted by Crippen LogP contribution is 2.37. The van der Waals surface area contributed by atoms with E-state index in [1.807, 2.05) is 12.1 Å². The van der Waals surface area contributed by atoms with Crippen LogP contribution >= 0.6 is 11.6 Å². The topological polar surface area (TPSA) is 30.5 Å². The van der Waals surface area contributed by atoms with Crippen LogP contribution in [0.4, 0.5) is 5.69 Å². The lowest BCUT2D eigenvalue weighted by atomic mass is 10.1. The van der Waals surface area contributed by atoms with Crippen molar-refractivity contribution in [1.82, 2.24) is 0 Å². The van der Waals surface area contributed by atoms with Gasteiger partial charge in [-0.15, -0.1) is 0 Å². The van der Waals surface area contributed by atoms with Crippen molar-refractivity contribution in [3.8, 4) is 11.5 Å². The number of methoxy groups -OCH3 is 2. The summed E-state index contributed by atoms with van der Waals surface area (Å²) in [6.07, 6.45) is 0. The molecule has 0 unspecified atom stereocenters. The molecule has 0 spiro atoms. The molecule has 0 heterocycles. The van der Waals surface area contributed by atoms with Crippen molar-refractivity contribution in [3.05, 3.63) is 52.0 Å². The van der Waals surface area contributed by atoms with Gasteiger partial charge in [-0.2, -0.15) is 0 Å². The summed E-state index contributed by atoms with van der Waals surface area (Å²) in [6, 6.07) is 10.1. The van der Waals surface area contributed by atoms with Crippen molar-refractivity contribution in [1.29, 1.82) is 0 Å². The van der Waals surface area contributed by atoms with Gasteiger partial charge in [0.05, 0.1) is 19.2 Å². The van der Waals surface area contributed by atoms with Crippen LogP contribution in [0.15, 0.2) is 30.3 Å². The highest BCUT2D eigenvalue weighted by atomic mass is 35.5. The molecular formula is C17H20ClNO2. The maximum Gasteiger partial charge on any atom is 0.179 e. The minimum atomic E-state index is 0.569. The first-order valence-electron chi connectivity index (χ1n) is 6.77. The zero-order chi connectivity index (χ0) is 15.4. The first kappa shape index (κ1) is 15.5. The largest absolute Gasteiger partial charge is 0.493 e. The minimum Gasteiger partial charge on any atom is -0.493 e. The number of halogens is 1. The average molecular weight is 306 g/mol. The van der Waals surface area contributed by atoms with E-state index in [1.165, 1.54) is 11.1 Å². The van der Waals surface area contributed by atoms with Gasteiger partial charge in [-0.1, -0.05) is 29.8 Å². The van der Waals surface area contributed by atoms with Crippen LogP contribution in [0.25, 0.3) is 0 Å². The Hall–Kier alpha value is -1.87. The Balaban J connectivity index is 2.22. The molecule has 0 radical (unpaired) electrons. The van der Waals surface area contributed by atoms with Crippen LogP contribution in [-0.2, 0) is 6.54 Å². The molecule has 21 heavy (non-hydrogen) atoms. The molecule has 0 aliphatic heterocycles. The van der Waals surface area contributed by atoms with Crippen molar-refractivity contribution in [3.63, 3.8) is 0 Å². The Kier molecular flexibility index (Phi) is 4.97. The molecule has 0 atom stereocenters. The van der Waals surface area contributed by atoms with Gasteiger partial charge in [0.25, 0.3) is 0 Å². The lowest BCUT2D eigenvalue weighted by molar-refractivity contribution is 0.355. The maximum atomic E-state index is 6.39. The van der Waals surface area contributed by atoms with Gasteiger partial charge in [0.1, 0.15) is 0 Å². The number of hydrogen-bond acceptors (Lipinski definition) is 3. The second kappa shape index (κ2) is 6.72. The van der Waals surface area contributed by atoms with Crippen molar-refractivity contribution >= 4 is 17.3 Å². The average Bonchev–Trinajstić information content (AvgIpc) is 2.48. The highest BCUT2D eigenvalue weighted by molar-refractivity contribution is 6.33. The zero-order valence-corrected chi connectivity index (χ0v) is 13.5. The van der Waals surface area contributed by atoms with Crippen molar-refractivity contribution in [2.45, 2.75) is 20.4 Å². The Labute approximate surface area is 130 Å². The SMILES string of the molecule is COc1ccc(CNc2cc(C)ccc2C)c(Cl)c1OC. The third kappa shape index (κ3) is 3.42. The number of aryl methyl sites for hydroxylation is 2. The molecule has 0 amide bonds. The first-order valence-corrected chi connectivity index (χ1v) is 7.15. The Morgan fingerprint density at radius 3 is 2.48 bits per heavy atom. The van der Waals surface area contributed by atoms with E-state index in [0.717, 1.165) is 11.3 Å². The second-order valence-electron chi connectivity index (χ2n) is 4.95. The second-order valence-corrected chi connectivity index (χ2v) is 5.32. The number of ether oxygens (including phenoxy) is 2. The molecule has 4 heteroatoms. The molecule has 0 aliphatic rings. The van der Waals surface area contributed by atoms with Gasteiger partial charge in [0, 0.05) is 12.2 Å². The van der Waals surface area contributed by atoms with Crippen LogP contribution in [0.3, 0.4) is 0 Å². The number of hydrogen-bond donors (Lipinski definition) is 1. The van der Waals surface area contributed by atoms with Gasteiger partial charge < -0.3 is 14.8 Å². The summed E-state index contributed by atoms with van der Waals surface area (Å²) in [6.45, 7) is 4.79. The number of rotatable bonds is 5. The summed E-state index contributed by atoms with van der Waals surface area (Å²) < 4.78 is 10.6. The maximum absolute atomic E-state index is 6.39. The van der Waals surface area contributed by atoms with Crippen LogP contribution in [0.5, 0.6) is 11.5 Å². The first-order chi connectivity index (χ1) is 10.1. The fraction of sp³-hybridized carbons (Fsp3) is 0.294. The Morgan fingerprint density at radius 1 is 1.05 bits per heavy atom. The molecule has 2 aromatic rings. The molecular weight excluding hydrogens is 286 g/mol. The molecule has 0 bridgehead atoms. The quantitative estimate of drug-likeness (QED) is 0.876. The molecule has 112 valence electrons. The van der Waals surface area contributed by atoms with Gasteiger partial charge in [-0.05, 0) is 42.7 Å². The summed E-state index contributed by atoms with van der Waals surface area (Å²) in [4.78, 5) is 0. The van der Waals surface area contributed by atoms with Crippen LogP contribution in [0.2, 0.25) is 5.02 Å². The summed E-state index contributed by atoms with van der Waals surface area (Å²) in [5, 5.41) is 4.00. The molecule has 2 aromatic carbocycles. The van der Waals surface area contributed by atoms with Gasteiger partial charge in [0.15, 0.2) is 11.5 Å². The predicted molar refractivity (Wildman–Crippen MR) is 87.8 cm³/mol. The smallest absolute Gasteiger partial charge is 0.179 e. The standard InChI is InChI=1S/C17H20ClNO2/c1-11-5-6-12(2)14(9-11)19-10-13-7-8-15(20-3)17(21-4)16(13)18/h5-9,19H,10H2,1-4H3. The number of benzene rings is 2. The molecule has 1 N–H and O–H groups in total. The number of anilines is 1. The van der Waals surface area contributed by atoms with Crippen LogP contribution in [0, 0.1) is 13.8 Å². The highest BCUT2D eigenvalue weighted by Gasteiger charge is 2.13. The molecule has 0 aliphatic carbocycles. The monoisotopic (exact) mass is 305 g/mol. The summed E-state index contributed by atoms with van der Waals surface area (Å²) in [5.74, 6) is 1.21. The van der Waals surface area contributed by atoms with Crippen molar-refractivity contribution in [2.75, 3.05) is 19.5 Å². The zero-order valence-electron chi connectivity index (χ0n) is 12.8. The lowest BCUT2D eigenvalue weighted by Gasteiger charge is -2.15. The molecule has 0 saturated carbocycles. The van der Waals surface area contributed by atoms with Gasteiger partial charge in [-0.3, -0.25) is 0 Å². The number of nitrogens with one attached hydrogen (secondary N) is 1. The molecule has 0 aromatic heterocycles. The summed E-state index contributed by atoms with van der Waals surface area (Å²) in [7, 11) is 3.19. The van der Waals surface area contributed by atoms with Gasteiger partial charge >= 0.3 is 0 Å². The van der Waals surface area contributed by atoms with E-state index in [2.05, 4.69) is 37.4 Å². The van der Waals surface area contributed by atoms with E-state index >= 15 is 0 Å². The Morgan fingerprint density at radius 2 is 1.81 bits per heavy atom. The van der Waals surface area contributed by atoms with Crippen LogP contribution in [0.1, 0.15) is 16.7 Å². The van der Waals surface area contributed by atoms with Gasteiger partial charge in [-0.25, -0.2) is 0 Å². The van der Waals surface area contributed by atoms with Crippen LogP contribution < -0.4 is 14.8 Å². The molecule has 2 rings (SSSR count). The van der Waals surface area contributed by atoms with Crippen molar-refractivity contribution in [2.24, 2.45) is 0 Å². The fourth-order valence-electron chi connectivity index (χ4n) is 2.18. The fourth-order valence-corrected chi connectivity index (χ4v) is 2.48. The molecule has 3 nitrogen and oxygen atoms in total. The van der Waals surface area contributed by atoms with Gasteiger partial charge in [0.2, 0.25) is 0 Å². The Bertz CT molecular complexity index is 641.